The van der Waals surface area contributed by atoms with Crippen LogP contribution in [0.3, 0.4) is 0 Å². The van der Waals surface area contributed by atoms with Crippen LogP contribution in [0.5, 0.6) is 0 Å². The van der Waals surface area contributed by atoms with Crippen LogP contribution in [-0.4, -0.2) is 19.2 Å². The van der Waals surface area contributed by atoms with Gasteiger partial charge in [-0.3, -0.25) is 4.79 Å². The highest BCUT2D eigenvalue weighted by molar-refractivity contribution is 5.72. The van der Waals surface area contributed by atoms with Crippen LogP contribution < -0.4 is 0 Å². The molecule has 2 atom stereocenters. The van der Waals surface area contributed by atoms with Crippen molar-refractivity contribution >= 4 is 5.97 Å². The van der Waals surface area contributed by atoms with E-state index in [0.29, 0.717) is 19.1 Å². The standard InChI is InChI=1S/C15H20O3/c1-12(14-8-5-9-17-11-14)15(16)18-10-13-6-3-2-4-7-13/h2-4,6-7,12,14H,5,8-11H2,1H3. The molecule has 0 aliphatic carbocycles. The Labute approximate surface area is 108 Å². The first kappa shape index (κ1) is 13.1. The Morgan fingerprint density at radius 3 is 2.89 bits per heavy atom. The van der Waals surface area contributed by atoms with E-state index in [9.17, 15) is 4.79 Å². The molecule has 1 aromatic rings. The summed E-state index contributed by atoms with van der Waals surface area (Å²) in [4.78, 5) is 11.9. The molecular weight excluding hydrogens is 228 g/mol. The maximum Gasteiger partial charge on any atom is 0.309 e. The zero-order chi connectivity index (χ0) is 12.8. The lowest BCUT2D eigenvalue weighted by Crippen LogP contribution is -2.29. The topological polar surface area (TPSA) is 35.5 Å². The number of hydrogen-bond donors (Lipinski definition) is 0. The van der Waals surface area contributed by atoms with E-state index in [0.717, 1.165) is 25.0 Å². The number of benzene rings is 1. The molecule has 1 aliphatic heterocycles. The number of carbonyl (C=O) groups is 1. The highest BCUT2D eigenvalue weighted by Gasteiger charge is 2.27. The summed E-state index contributed by atoms with van der Waals surface area (Å²) in [7, 11) is 0. The lowest BCUT2D eigenvalue weighted by Gasteiger charge is -2.26. The van der Waals surface area contributed by atoms with Crippen LogP contribution in [0.4, 0.5) is 0 Å². The maximum absolute atomic E-state index is 11.9. The average Bonchev–Trinajstić information content (AvgIpc) is 2.46. The first-order valence-corrected chi connectivity index (χ1v) is 6.55. The Bertz CT molecular complexity index is 369. The maximum atomic E-state index is 11.9. The van der Waals surface area contributed by atoms with Gasteiger partial charge in [-0.15, -0.1) is 0 Å². The molecule has 1 heterocycles. The molecule has 0 saturated carbocycles. The monoisotopic (exact) mass is 248 g/mol. The molecule has 1 fully saturated rings. The van der Waals surface area contributed by atoms with Gasteiger partial charge < -0.3 is 9.47 Å². The third-order valence-electron chi connectivity index (χ3n) is 3.50. The van der Waals surface area contributed by atoms with Crippen molar-refractivity contribution in [2.24, 2.45) is 11.8 Å². The van der Waals surface area contributed by atoms with Gasteiger partial charge in [0.1, 0.15) is 6.61 Å². The van der Waals surface area contributed by atoms with Crippen LogP contribution in [0.1, 0.15) is 25.3 Å². The molecule has 2 rings (SSSR count). The molecule has 98 valence electrons. The van der Waals surface area contributed by atoms with Gasteiger partial charge in [-0.25, -0.2) is 0 Å². The van der Waals surface area contributed by atoms with E-state index in [1.807, 2.05) is 37.3 Å². The Balaban J connectivity index is 1.80. The van der Waals surface area contributed by atoms with Gasteiger partial charge in [0.05, 0.1) is 12.5 Å². The van der Waals surface area contributed by atoms with Gasteiger partial charge in [0.2, 0.25) is 0 Å². The molecule has 18 heavy (non-hydrogen) atoms. The van der Waals surface area contributed by atoms with Gasteiger partial charge in [0, 0.05) is 6.61 Å². The molecule has 0 amide bonds. The lowest BCUT2D eigenvalue weighted by molar-refractivity contribution is -0.153. The summed E-state index contributed by atoms with van der Waals surface area (Å²) in [5.41, 5.74) is 1.03. The second kappa shape index (κ2) is 6.55. The number of hydrogen-bond acceptors (Lipinski definition) is 3. The zero-order valence-electron chi connectivity index (χ0n) is 10.8. The van der Waals surface area contributed by atoms with E-state index in [2.05, 4.69) is 0 Å². The van der Waals surface area contributed by atoms with Crippen LogP contribution in [0.15, 0.2) is 30.3 Å². The van der Waals surface area contributed by atoms with Gasteiger partial charge in [-0.2, -0.15) is 0 Å². The molecule has 0 N–H and O–H groups in total. The van der Waals surface area contributed by atoms with Crippen LogP contribution in [0.25, 0.3) is 0 Å². The largest absolute Gasteiger partial charge is 0.461 e. The van der Waals surface area contributed by atoms with Crippen molar-refractivity contribution in [1.29, 1.82) is 0 Å². The van der Waals surface area contributed by atoms with Crippen LogP contribution in [0, 0.1) is 11.8 Å². The van der Waals surface area contributed by atoms with Gasteiger partial charge in [0.15, 0.2) is 0 Å². The molecule has 1 saturated heterocycles. The summed E-state index contributed by atoms with van der Waals surface area (Å²) in [6.07, 6.45) is 2.10. The predicted molar refractivity (Wildman–Crippen MR) is 68.9 cm³/mol. The van der Waals surface area contributed by atoms with Gasteiger partial charge in [-0.05, 0) is 24.3 Å². The third kappa shape index (κ3) is 3.57. The number of rotatable bonds is 4. The number of esters is 1. The Hall–Kier alpha value is -1.35. The third-order valence-corrected chi connectivity index (χ3v) is 3.50. The van der Waals surface area contributed by atoms with Crippen molar-refractivity contribution in [3.63, 3.8) is 0 Å². The normalized spacial score (nSPS) is 21.3. The summed E-state index contributed by atoms with van der Waals surface area (Å²) in [5, 5.41) is 0. The summed E-state index contributed by atoms with van der Waals surface area (Å²) in [6.45, 7) is 3.80. The number of ether oxygens (including phenoxy) is 2. The highest BCUT2D eigenvalue weighted by Crippen LogP contribution is 2.23. The fourth-order valence-electron chi connectivity index (χ4n) is 2.21. The predicted octanol–water partition coefficient (Wildman–Crippen LogP) is 2.79. The molecule has 0 spiro atoms. The van der Waals surface area contributed by atoms with E-state index >= 15 is 0 Å². The van der Waals surface area contributed by atoms with Crippen molar-refractivity contribution in [1.82, 2.24) is 0 Å². The van der Waals surface area contributed by atoms with Crippen LogP contribution in [-0.2, 0) is 20.9 Å². The fourth-order valence-corrected chi connectivity index (χ4v) is 2.21. The molecule has 0 radical (unpaired) electrons. The lowest BCUT2D eigenvalue weighted by atomic mass is 9.89. The molecule has 2 unspecified atom stereocenters. The van der Waals surface area contributed by atoms with E-state index < -0.39 is 0 Å². The Morgan fingerprint density at radius 1 is 1.44 bits per heavy atom. The first-order valence-electron chi connectivity index (χ1n) is 6.55. The summed E-state index contributed by atoms with van der Waals surface area (Å²) < 4.78 is 10.8. The van der Waals surface area contributed by atoms with Gasteiger partial charge >= 0.3 is 5.97 Å². The van der Waals surface area contributed by atoms with E-state index in [-0.39, 0.29) is 11.9 Å². The molecular formula is C15H20O3. The van der Waals surface area contributed by atoms with Crippen molar-refractivity contribution in [3.8, 4) is 0 Å². The molecule has 0 bridgehead atoms. The second-order valence-corrected chi connectivity index (χ2v) is 4.86. The number of carbonyl (C=O) groups excluding carboxylic acids is 1. The molecule has 0 aromatic heterocycles. The van der Waals surface area contributed by atoms with Crippen molar-refractivity contribution < 1.29 is 14.3 Å². The zero-order valence-corrected chi connectivity index (χ0v) is 10.8. The highest BCUT2D eigenvalue weighted by atomic mass is 16.5. The smallest absolute Gasteiger partial charge is 0.309 e. The van der Waals surface area contributed by atoms with Gasteiger partial charge in [0.25, 0.3) is 0 Å². The first-order chi connectivity index (χ1) is 8.77. The van der Waals surface area contributed by atoms with Crippen molar-refractivity contribution in [2.75, 3.05) is 13.2 Å². The summed E-state index contributed by atoms with van der Waals surface area (Å²) >= 11 is 0. The minimum Gasteiger partial charge on any atom is -0.461 e. The van der Waals surface area contributed by atoms with Crippen LogP contribution >= 0.6 is 0 Å². The second-order valence-electron chi connectivity index (χ2n) is 4.86. The molecule has 3 nitrogen and oxygen atoms in total. The minimum absolute atomic E-state index is 0.0750. The minimum atomic E-state index is -0.116. The molecule has 1 aromatic carbocycles. The Morgan fingerprint density at radius 2 is 2.22 bits per heavy atom. The van der Waals surface area contributed by atoms with Crippen molar-refractivity contribution in [3.05, 3.63) is 35.9 Å². The quantitative estimate of drug-likeness (QED) is 0.769. The van der Waals surface area contributed by atoms with E-state index in [4.69, 9.17) is 9.47 Å². The summed E-state index contributed by atoms with van der Waals surface area (Å²) in [6, 6.07) is 9.76. The van der Waals surface area contributed by atoms with Crippen molar-refractivity contribution in [2.45, 2.75) is 26.4 Å². The molecule has 3 heteroatoms. The van der Waals surface area contributed by atoms with E-state index in [1.54, 1.807) is 0 Å². The van der Waals surface area contributed by atoms with Crippen LogP contribution in [0.2, 0.25) is 0 Å². The SMILES string of the molecule is CC(C(=O)OCc1ccccc1)C1CCCOC1. The molecule has 1 aliphatic rings. The van der Waals surface area contributed by atoms with E-state index in [1.165, 1.54) is 0 Å². The van der Waals surface area contributed by atoms with Gasteiger partial charge in [-0.1, -0.05) is 37.3 Å². The average molecular weight is 248 g/mol. The Kier molecular flexibility index (Phi) is 4.76. The summed E-state index contributed by atoms with van der Waals surface area (Å²) in [5.74, 6) is 0.116. The fraction of sp³-hybridized carbons (Fsp3) is 0.533.